The van der Waals surface area contributed by atoms with Crippen LogP contribution in [0.1, 0.15) is 16.8 Å². The number of hydrogen-bond acceptors (Lipinski definition) is 3. The first-order valence-electron chi connectivity index (χ1n) is 5.81. The third-order valence-electron chi connectivity index (χ3n) is 2.47. The molecule has 0 aliphatic heterocycles. The number of nitrogens with two attached hydrogens (primary N) is 1. The first-order chi connectivity index (χ1) is 9.24. The zero-order chi connectivity index (χ0) is 13.5. The lowest BCUT2D eigenvalue weighted by Gasteiger charge is -2.01. The van der Waals surface area contributed by atoms with Crippen molar-refractivity contribution in [3.63, 3.8) is 0 Å². The van der Waals surface area contributed by atoms with E-state index in [0.29, 0.717) is 0 Å². The Morgan fingerprint density at radius 2 is 2.00 bits per heavy atom. The van der Waals surface area contributed by atoms with Gasteiger partial charge < -0.3 is 5.73 Å². The molecule has 0 atom stereocenters. The Morgan fingerprint density at radius 1 is 1.21 bits per heavy atom. The molecule has 0 unspecified atom stereocenters. The van der Waals surface area contributed by atoms with Crippen LogP contribution in [0.3, 0.4) is 0 Å². The van der Waals surface area contributed by atoms with E-state index in [1.165, 1.54) is 5.56 Å². The summed E-state index contributed by atoms with van der Waals surface area (Å²) in [6, 6.07) is 14.2. The molecule has 5 heteroatoms. The molecular weight excluding hydrogens is 256 g/mol. The molecule has 1 aromatic carbocycles. The minimum atomic E-state index is 0.136. The molecule has 96 valence electrons. The SMILES string of the molecule is NC(=S)NN=Cc1ccc(Cc2ccccc2)cn1. The second-order valence-electron chi connectivity index (χ2n) is 3.99. The van der Waals surface area contributed by atoms with Gasteiger partial charge in [0.15, 0.2) is 5.11 Å². The van der Waals surface area contributed by atoms with Crippen LogP contribution in [0.25, 0.3) is 0 Å². The molecule has 19 heavy (non-hydrogen) atoms. The van der Waals surface area contributed by atoms with E-state index < -0.39 is 0 Å². The van der Waals surface area contributed by atoms with Gasteiger partial charge in [0.2, 0.25) is 0 Å². The van der Waals surface area contributed by atoms with Crippen molar-refractivity contribution in [2.24, 2.45) is 10.8 Å². The van der Waals surface area contributed by atoms with Gasteiger partial charge in [-0.05, 0) is 35.8 Å². The van der Waals surface area contributed by atoms with E-state index >= 15 is 0 Å². The van der Waals surface area contributed by atoms with Crippen LogP contribution in [-0.4, -0.2) is 16.3 Å². The van der Waals surface area contributed by atoms with Crippen LogP contribution < -0.4 is 11.2 Å². The van der Waals surface area contributed by atoms with Crippen LogP contribution in [0.2, 0.25) is 0 Å². The molecule has 0 radical (unpaired) electrons. The number of nitrogens with one attached hydrogen (secondary N) is 1. The Hall–Kier alpha value is -2.27. The number of hydrogen-bond donors (Lipinski definition) is 2. The van der Waals surface area contributed by atoms with Crippen LogP contribution >= 0.6 is 12.2 Å². The van der Waals surface area contributed by atoms with Crippen molar-refractivity contribution >= 4 is 23.5 Å². The van der Waals surface area contributed by atoms with Gasteiger partial charge in [-0.3, -0.25) is 10.4 Å². The number of rotatable bonds is 4. The van der Waals surface area contributed by atoms with Crippen LogP contribution in [0.15, 0.2) is 53.8 Å². The van der Waals surface area contributed by atoms with Crippen molar-refractivity contribution in [2.75, 3.05) is 0 Å². The average molecular weight is 270 g/mol. The lowest BCUT2D eigenvalue weighted by Crippen LogP contribution is -2.24. The predicted octanol–water partition coefficient (Wildman–Crippen LogP) is 1.84. The lowest BCUT2D eigenvalue weighted by molar-refractivity contribution is 1.04. The minimum absolute atomic E-state index is 0.136. The summed E-state index contributed by atoms with van der Waals surface area (Å²) in [7, 11) is 0. The fourth-order valence-corrected chi connectivity index (χ4v) is 1.66. The fraction of sp³-hybridized carbons (Fsp3) is 0.0714. The number of hydrazone groups is 1. The van der Waals surface area contributed by atoms with E-state index in [-0.39, 0.29) is 5.11 Å². The zero-order valence-corrected chi connectivity index (χ0v) is 11.1. The van der Waals surface area contributed by atoms with Gasteiger partial charge in [-0.15, -0.1) is 0 Å². The highest BCUT2D eigenvalue weighted by atomic mass is 32.1. The van der Waals surface area contributed by atoms with Gasteiger partial charge >= 0.3 is 0 Å². The zero-order valence-electron chi connectivity index (χ0n) is 10.3. The molecule has 0 saturated carbocycles. The number of pyridine rings is 1. The molecule has 0 saturated heterocycles. The van der Waals surface area contributed by atoms with Gasteiger partial charge in [-0.25, -0.2) is 0 Å². The summed E-state index contributed by atoms with van der Waals surface area (Å²) >= 11 is 4.64. The summed E-state index contributed by atoms with van der Waals surface area (Å²) in [5, 5.41) is 3.99. The van der Waals surface area contributed by atoms with Gasteiger partial charge in [0.25, 0.3) is 0 Å². The second-order valence-corrected chi connectivity index (χ2v) is 4.43. The van der Waals surface area contributed by atoms with Crippen molar-refractivity contribution in [1.82, 2.24) is 10.4 Å². The number of nitrogens with zero attached hydrogens (tertiary/aromatic N) is 2. The molecular formula is C14H14N4S. The first kappa shape index (κ1) is 13.2. The van der Waals surface area contributed by atoms with Crippen molar-refractivity contribution in [1.29, 1.82) is 0 Å². The maximum atomic E-state index is 5.25. The molecule has 2 aromatic rings. The summed E-state index contributed by atoms with van der Waals surface area (Å²) in [4.78, 5) is 4.30. The fourth-order valence-electron chi connectivity index (χ4n) is 1.61. The molecule has 0 aliphatic carbocycles. The summed E-state index contributed by atoms with van der Waals surface area (Å²) in [6.45, 7) is 0. The molecule has 0 amide bonds. The number of thiocarbonyl (C=S) groups is 1. The van der Waals surface area contributed by atoms with Gasteiger partial charge in [0, 0.05) is 6.20 Å². The van der Waals surface area contributed by atoms with Crippen LogP contribution in [-0.2, 0) is 6.42 Å². The van der Waals surface area contributed by atoms with E-state index in [4.69, 9.17) is 5.73 Å². The summed E-state index contributed by atoms with van der Waals surface area (Å²) in [5.74, 6) is 0. The topological polar surface area (TPSA) is 63.3 Å². The molecule has 0 fully saturated rings. The monoisotopic (exact) mass is 270 g/mol. The van der Waals surface area contributed by atoms with Gasteiger partial charge in [0.1, 0.15) is 0 Å². The van der Waals surface area contributed by atoms with Crippen molar-refractivity contribution in [3.05, 3.63) is 65.5 Å². The molecule has 0 aliphatic rings. The van der Waals surface area contributed by atoms with Crippen molar-refractivity contribution < 1.29 is 0 Å². The van der Waals surface area contributed by atoms with Crippen LogP contribution in [0.5, 0.6) is 0 Å². The highest BCUT2D eigenvalue weighted by molar-refractivity contribution is 7.80. The molecule has 1 heterocycles. The highest BCUT2D eigenvalue weighted by Gasteiger charge is 1.96. The van der Waals surface area contributed by atoms with E-state index in [9.17, 15) is 0 Å². The maximum absolute atomic E-state index is 5.25. The number of aromatic nitrogens is 1. The van der Waals surface area contributed by atoms with Gasteiger partial charge in [-0.1, -0.05) is 36.4 Å². The second kappa shape index (κ2) is 6.61. The third-order valence-corrected chi connectivity index (χ3v) is 2.56. The first-order valence-corrected chi connectivity index (χ1v) is 6.22. The molecule has 0 bridgehead atoms. The smallest absolute Gasteiger partial charge is 0.184 e. The van der Waals surface area contributed by atoms with E-state index in [2.05, 4.69) is 39.9 Å². The third kappa shape index (κ3) is 4.48. The predicted molar refractivity (Wildman–Crippen MR) is 81.0 cm³/mol. The molecule has 3 N–H and O–H groups in total. The summed E-state index contributed by atoms with van der Waals surface area (Å²) in [5.41, 5.74) is 10.9. The van der Waals surface area contributed by atoms with Gasteiger partial charge in [-0.2, -0.15) is 5.10 Å². The van der Waals surface area contributed by atoms with Crippen molar-refractivity contribution in [3.8, 4) is 0 Å². The Kier molecular flexibility index (Phi) is 4.58. The normalized spacial score (nSPS) is 10.5. The Morgan fingerprint density at radius 3 is 2.63 bits per heavy atom. The summed E-state index contributed by atoms with van der Waals surface area (Å²) in [6.07, 6.45) is 4.29. The van der Waals surface area contributed by atoms with E-state index in [0.717, 1.165) is 17.7 Å². The van der Waals surface area contributed by atoms with Crippen molar-refractivity contribution in [2.45, 2.75) is 6.42 Å². The Bertz CT molecular complexity index is 564. The molecule has 0 spiro atoms. The molecule has 2 rings (SSSR count). The quantitative estimate of drug-likeness (QED) is 0.505. The number of benzene rings is 1. The van der Waals surface area contributed by atoms with Crippen LogP contribution in [0, 0.1) is 0 Å². The Labute approximate surface area is 117 Å². The van der Waals surface area contributed by atoms with E-state index in [1.807, 2.05) is 36.5 Å². The summed E-state index contributed by atoms with van der Waals surface area (Å²) < 4.78 is 0. The van der Waals surface area contributed by atoms with Gasteiger partial charge in [0.05, 0.1) is 11.9 Å². The van der Waals surface area contributed by atoms with E-state index in [1.54, 1.807) is 6.21 Å². The minimum Gasteiger partial charge on any atom is -0.375 e. The average Bonchev–Trinajstić information content (AvgIpc) is 2.42. The standard InChI is InChI=1S/C14H14N4S/c15-14(19)18-17-10-13-7-6-12(9-16-13)8-11-4-2-1-3-5-11/h1-7,9-10H,8H2,(H3,15,18,19). The highest BCUT2D eigenvalue weighted by Crippen LogP contribution is 2.08. The largest absolute Gasteiger partial charge is 0.375 e. The van der Waals surface area contributed by atoms with Crippen LogP contribution in [0.4, 0.5) is 0 Å². The molecule has 4 nitrogen and oxygen atoms in total. The molecule has 1 aromatic heterocycles. The Balaban J connectivity index is 1.98. The lowest BCUT2D eigenvalue weighted by atomic mass is 10.1. The maximum Gasteiger partial charge on any atom is 0.184 e.